The molecule has 2 aliphatic carbocycles. The molecule has 1 aliphatic heterocycles. The van der Waals surface area contributed by atoms with Gasteiger partial charge in [0.25, 0.3) is 0 Å². The van der Waals surface area contributed by atoms with Gasteiger partial charge in [0.15, 0.2) is 23.1 Å². The summed E-state index contributed by atoms with van der Waals surface area (Å²) in [5.41, 5.74) is 5.56. The fourth-order valence-electron chi connectivity index (χ4n) is 5.76. The first-order valence-corrected chi connectivity index (χ1v) is 13.3. The van der Waals surface area contributed by atoms with E-state index in [1.807, 2.05) is 37.3 Å². The van der Waals surface area contributed by atoms with E-state index in [0.717, 1.165) is 65.8 Å². The van der Waals surface area contributed by atoms with Crippen LogP contribution in [0, 0.1) is 0 Å². The molecule has 1 heterocycles. The minimum atomic E-state index is -0.436. The average molecular weight is 506 g/mol. The maximum absolute atomic E-state index is 13.5. The van der Waals surface area contributed by atoms with Crippen molar-refractivity contribution < 1.29 is 19.1 Å². The van der Waals surface area contributed by atoms with Gasteiger partial charge >= 0.3 is 0 Å². The zero-order chi connectivity index (χ0) is 25.2. The Morgan fingerprint density at radius 2 is 1.58 bits per heavy atom. The summed E-state index contributed by atoms with van der Waals surface area (Å²) in [6, 6.07) is 14.0. The summed E-state index contributed by atoms with van der Waals surface area (Å²) in [4.78, 5) is 29.3. The second kappa shape index (κ2) is 10.5. The van der Waals surface area contributed by atoms with E-state index >= 15 is 0 Å². The molecule has 5 nitrogen and oxygen atoms in total. The third-order valence-corrected chi connectivity index (χ3v) is 7.59. The monoisotopic (exact) mass is 505 g/mol. The second-order valence-electron chi connectivity index (χ2n) is 9.66. The number of carbonyl (C=O) groups excluding carboxylic acids is 2. The van der Waals surface area contributed by atoms with E-state index in [4.69, 9.17) is 21.1 Å². The van der Waals surface area contributed by atoms with E-state index in [1.165, 1.54) is 0 Å². The Morgan fingerprint density at radius 3 is 2.17 bits per heavy atom. The van der Waals surface area contributed by atoms with Gasteiger partial charge in [0.2, 0.25) is 0 Å². The molecule has 36 heavy (non-hydrogen) atoms. The number of halogens is 1. The highest BCUT2D eigenvalue weighted by Gasteiger charge is 2.43. The second-order valence-corrected chi connectivity index (χ2v) is 10.1. The van der Waals surface area contributed by atoms with Crippen molar-refractivity contribution in [2.75, 3.05) is 13.7 Å². The van der Waals surface area contributed by atoms with Crippen LogP contribution in [0.3, 0.4) is 0 Å². The van der Waals surface area contributed by atoms with Gasteiger partial charge in [-0.1, -0.05) is 48.9 Å². The Morgan fingerprint density at radius 1 is 0.944 bits per heavy atom. The van der Waals surface area contributed by atoms with Crippen LogP contribution in [0.1, 0.15) is 68.9 Å². The number of nitrogens with zero attached hydrogens (tertiary/aromatic N) is 1. The molecule has 2 aromatic rings. The fraction of sp³-hybridized carbons (Fsp3) is 0.400. The van der Waals surface area contributed by atoms with E-state index in [1.54, 1.807) is 7.11 Å². The number of methoxy groups -OCH3 is 1. The molecule has 3 aliphatic rings. The Kier molecular flexibility index (Phi) is 7.20. The summed E-state index contributed by atoms with van der Waals surface area (Å²) < 4.78 is 11.5. The van der Waals surface area contributed by atoms with Crippen LogP contribution in [0.5, 0.6) is 11.5 Å². The number of carbonyl (C=O) groups is 2. The molecule has 0 amide bonds. The van der Waals surface area contributed by atoms with Gasteiger partial charge in [0, 0.05) is 47.8 Å². The van der Waals surface area contributed by atoms with Crippen LogP contribution in [0.2, 0.25) is 5.02 Å². The van der Waals surface area contributed by atoms with Crippen molar-refractivity contribution in [1.82, 2.24) is 4.90 Å². The molecule has 2 aromatic carbocycles. The standard InChI is InChI=1S/C30H32ClNO4/c1-3-15-36-30-21(31)16-20(17-26(30)35-2)27-28-22(11-7-13-24(28)33)32(18-19-9-5-4-6-10-19)23-12-8-14-25(34)29(23)27/h4-6,9-10,16-17,27H,3,7-8,11-15,18H2,1-2H3. The third kappa shape index (κ3) is 4.45. The highest BCUT2D eigenvalue weighted by atomic mass is 35.5. The maximum atomic E-state index is 13.5. The zero-order valence-corrected chi connectivity index (χ0v) is 21.7. The van der Waals surface area contributed by atoms with Crippen LogP contribution in [0.25, 0.3) is 0 Å². The smallest absolute Gasteiger partial charge is 0.179 e. The lowest BCUT2D eigenvalue weighted by Gasteiger charge is -2.44. The number of ketones is 2. The number of ether oxygens (including phenoxy) is 2. The summed E-state index contributed by atoms with van der Waals surface area (Å²) in [6.45, 7) is 3.21. The average Bonchev–Trinajstić information content (AvgIpc) is 2.89. The molecule has 0 N–H and O–H groups in total. The van der Waals surface area contributed by atoms with Crippen molar-refractivity contribution in [2.45, 2.75) is 64.3 Å². The Labute approximate surface area is 217 Å². The maximum Gasteiger partial charge on any atom is 0.179 e. The predicted molar refractivity (Wildman–Crippen MR) is 140 cm³/mol. The van der Waals surface area contributed by atoms with E-state index in [-0.39, 0.29) is 11.6 Å². The number of Topliss-reactive ketones (excluding diaryl/α,β-unsaturated/α-hetero) is 2. The summed E-state index contributed by atoms with van der Waals surface area (Å²) in [7, 11) is 1.59. The van der Waals surface area contributed by atoms with Crippen LogP contribution in [-0.4, -0.2) is 30.2 Å². The molecular weight excluding hydrogens is 474 g/mol. The molecule has 0 fully saturated rings. The number of benzene rings is 2. The van der Waals surface area contributed by atoms with Gasteiger partial charge in [0.1, 0.15) is 0 Å². The molecule has 0 bridgehead atoms. The number of rotatable bonds is 7. The van der Waals surface area contributed by atoms with Crippen LogP contribution in [0.4, 0.5) is 0 Å². The SMILES string of the molecule is CCCOc1c(Cl)cc(C2C3=C(CCCC3=O)N(Cc3ccccc3)C3=C2C(=O)CCC3)cc1OC. The van der Waals surface area contributed by atoms with Gasteiger partial charge in [-0.25, -0.2) is 0 Å². The largest absolute Gasteiger partial charge is 0.493 e. The van der Waals surface area contributed by atoms with E-state index in [2.05, 4.69) is 17.0 Å². The molecule has 0 saturated heterocycles. The highest BCUT2D eigenvalue weighted by molar-refractivity contribution is 6.32. The number of hydrogen-bond acceptors (Lipinski definition) is 5. The van der Waals surface area contributed by atoms with Crippen molar-refractivity contribution in [3.63, 3.8) is 0 Å². The molecule has 0 unspecified atom stereocenters. The summed E-state index contributed by atoms with van der Waals surface area (Å²) in [5.74, 6) is 0.818. The summed E-state index contributed by atoms with van der Waals surface area (Å²) in [6.07, 6.45) is 5.11. The van der Waals surface area contributed by atoms with Gasteiger partial charge in [-0.2, -0.15) is 0 Å². The van der Waals surface area contributed by atoms with Crippen molar-refractivity contribution in [3.05, 3.63) is 81.2 Å². The van der Waals surface area contributed by atoms with Crippen LogP contribution < -0.4 is 9.47 Å². The molecule has 0 saturated carbocycles. The predicted octanol–water partition coefficient (Wildman–Crippen LogP) is 6.75. The molecule has 5 rings (SSSR count). The first-order chi connectivity index (χ1) is 17.5. The lowest BCUT2D eigenvalue weighted by Crippen LogP contribution is -2.38. The van der Waals surface area contributed by atoms with Crippen molar-refractivity contribution >= 4 is 23.2 Å². The van der Waals surface area contributed by atoms with Crippen molar-refractivity contribution in [2.24, 2.45) is 0 Å². The molecular formula is C30H32ClNO4. The fourth-order valence-corrected chi connectivity index (χ4v) is 6.03. The number of allylic oxidation sites excluding steroid dienone is 4. The van der Waals surface area contributed by atoms with Crippen LogP contribution >= 0.6 is 11.6 Å². The first-order valence-electron chi connectivity index (χ1n) is 12.9. The van der Waals surface area contributed by atoms with Crippen molar-refractivity contribution in [1.29, 1.82) is 0 Å². The minimum Gasteiger partial charge on any atom is -0.493 e. The molecule has 0 atom stereocenters. The summed E-state index contributed by atoms with van der Waals surface area (Å²) >= 11 is 6.71. The third-order valence-electron chi connectivity index (χ3n) is 7.31. The lowest BCUT2D eigenvalue weighted by molar-refractivity contribution is -0.117. The number of hydrogen-bond donors (Lipinski definition) is 0. The molecule has 0 spiro atoms. The first kappa shape index (κ1) is 24.6. The Balaban J connectivity index is 1.69. The zero-order valence-electron chi connectivity index (χ0n) is 20.9. The van der Waals surface area contributed by atoms with Crippen molar-refractivity contribution in [3.8, 4) is 11.5 Å². The Bertz CT molecular complexity index is 1200. The molecule has 0 aromatic heterocycles. The van der Waals surface area contributed by atoms with E-state index in [9.17, 15) is 9.59 Å². The van der Waals surface area contributed by atoms with Crippen LogP contribution in [0.15, 0.2) is 65.0 Å². The van der Waals surface area contributed by atoms with E-state index in [0.29, 0.717) is 42.5 Å². The normalized spacial score (nSPS) is 18.4. The van der Waals surface area contributed by atoms with Gasteiger partial charge in [0.05, 0.1) is 18.7 Å². The van der Waals surface area contributed by atoms with E-state index < -0.39 is 5.92 Å². The Hall–Kier alpha value is -3.05. The molecule has 0 radical (unpaired) electrons. The highest BCUT2D eigenvalue weighted by Crippen LogP contribution is 2.51. The lowest BCUT2D eigenvalue weighted by atomic mass is 9.71. The topological polar surface area (TPSA) is 55.8 Å². The minimum absolute atomic E-state index is 0.116. The molecule has 6 heteroatoms. The van der Waals surface area contributed by atoms with Gasteiger partial charge in [-0.15, -0.1) is 0 Å². The van der Waals surface area contributed by atoms with Gasteiger partial charge in [-0.05, 0) is 55.4 Å². The van der Waals surface area contributed by atoms with Gasteiger partial charge < -0.3 is 14.4 Å². The molecule has 188 valence electrons. The van der Waals surface area contributed by atoms with Crippen LogP contribution in [-0.2, 0) is 16.1 Å². The quantitative estimate of drug-likeness (QED) is 0.416. The van der Waals surface area contributed by atoms with Gasteiger partial charge in [-0.3, -0.25) is 9.59 Å². The summed E-state index contributed by atoms with van der Waals surface area (Å²) in [5, 5.41) is 0.431.